The fourth-order valence-electron chi connectivity index (χ4n) is 2.96. The van der Waals surface area contributed by atoms with Crippen LogP contribution in [0.15, 0.2) is 29.1 Å². The lowest BCUT2D eigenvalue weighted by Crippen LogP contribution is -2.46. The SMILES string of the molecule is CCOC(=O)c1[nH]c(=O)[nH]c1CN1CCN(c2ccc(Cl)cc2)CC1.Cl. The van der Waals surface area contributed by atoms with Gasteiger partial charge in [-0.05, 0) is 31.2 Å². The van der Waals surface area contributed by atoms with Crippen molar-refractivity contribution >= 4 is 35.7 Å². The van der Waals surface area contributed by atoms with E-state index in [1.165, 1.54) is 0 Å². The molecule has 0 radical (unpaired) electrons. The molecule has 3 rings (SSSR count). The second-order valence-electron chi connectivity index (χ2n) is 5.89. The predicted molar refractivity (Wildman–Crippen MR) is 104 cm³/mol. The van der Waals surface area contributed by atoms with E-state index < -0.39 is 11.7 Å². The molecule has 0 bridgehead atoms. The van der Waals surface area contributed by atoms with Crippen LogP contribution in [-0.4, -0.2) is 53.6 Å². The first-order valence-corrected chi connectivity index (χ1v) is 8.65. The van der Waals surface area contributed by atoms with Crippen LogP contribution in [0.2, 0.25) is 5.02 Å². The molecule has 1 saturated heterocycles. The lowest BCUT2D eigenvalue weighted by Gasteiger charge is -2.36. The van der Waals surface area contributed by atoms with Crippen LogP contribution in [-0.2, 0) is 11.3 Å². The fourth-order valence-corrected chi connectivity index (χ4v) is 3.08. The van der Waals surface area contributed by atoms with Crippen LogP contribution in [0.25, 0.3) is 0 Å². The Bertz CT molecular complexity index is 780. The normalized spacial score (nSPS) is 14.8. The number of nitrogens with zero attached hydrogens (tertiary/aromatic N) is 2. The number of hydrogen-bond acceptors (Lipinski definition) is 5. The minimum Gasteiger partial charge on any atom is -0.461 e. The Morgan fingerprint density at radius 3 is 2.42 bits per heavy atom. The van der Waals surface area contributed by atoms with E-state index in [9.17, 15) is 9.59 Å². The van der Waals surface area contributed by atoms with Crippen molar-refractivity contribution in [2.75, 3.05) is 37.7 Å². The maximum Gasteiger partial charge on any atom is 0.356 e. The third-order valence-corrected chi connectivity index (χ3v) is 4.48. The molecule has 142 valence electrons. The van der Waals surface area contributed by atoms with Gasteiger partial charge in [-0.15, -0.1) is 12.4 Å². The molecule has 0 atom stereocenters. The third-order valence-electron chi connectivity index (χ3n) is 4.23. The molecule has 1 aliphatic heterocycles. The van der Waals surface area contributed by atoms with E-state index in [0.717, 1.165) is 36.9 Å². The van der Waals surface area contributed by atoms with Crippen LogP contribution in [0.5, 0.6) is 0 Å². The van der Waals surface area contributed by atoms with Crippen molar-refractivity contribution in [2.45, 2.75) is 13.5 Å². The number of anilines is 1. The van der Waals surface area contributed by atoms with Gasteiger partial charge in [0.05, 0.1) is 12.3 Å². The maximum atomic E-state index is 11.9. The van der Waals surface area contributed by atoms with E-state index in [1.807, 2.05) is 24.3 Å². The predicted octanol–water partition coefficient (Wildman–Crippen LogP) is 2.28. The Morgan fingerprint density at radius 1 is 1.15 bits per heavy atom. The summed E-state index contributed by atoms with van der Waals surface area (Å²) in [5, 5.41) is 0.727. The van der Waals surface area contributed by atoms with Crippen molar-refractivity contribution in [2.24, 2.45) is 0 Å². The van der Waals surface area contributed by atoms with E-state index in [0.29, 0.717) is 12.2 Å². The van der Waals surface area contributed by atoms with Gasteiger partial charge in [-0.25, -0.2) is 9.59 Å². The average Bonchev–Trinajstić information content (AvgIpc) is 2.97. The van der Waals surface area contributed by atoms with Crippen LogP contribution in [0.3, 0.4) is 0 Å². The molecule has 2 N–H and O–H groups in total. The Balaban J connectivity index is 0.00000243. The number of halogens is 2. The number of imidazole rings is 1. The Morgan fingerprint density at radius 2 is 1.81 bits per heavy atom. The van der Waals surface area contributed by atoms with Gasteiger partial charge in [0.2, 0.25) is 0 Å². The highest BCUT2D eigenvalue weighted by atomic mass is 35.5. The Kier molecular flexibility index (Phi) is 7.14. The van der Waals surface area contributed by atoms with Gasteiger partial charge in [0, 0.05) is 43.4 Å². The zero-order valence-electron chi connectivity index (χ0n) is 14.5. The van der Waals surface area contributed by atoms with Gasteiger partial charge >= 0.3 is 11.7 Å². The number of H-pyrrole nitrogens is 2. The summed E-state index contributed by atoms with van der Waals surface area (Å²) in [6.45, 7) is 5.90. The Labute approximate surface area is 162 Å². The summed E-state index contributed by atoms with van der Waals surface area (Å²) >= 11 is 5.93. The van der Waals surface area contributed by atoms with E-state index in [-0.39, 0.29) is 24.7 Å². The Hall–Kier alpha value is -1.96. The number of aromatic amines is 2. The summed E-state index contributed by atoms with van der Waals surface area (Å²) in [6, 6.07) is 7.81. The highest BCUT2D eigenvalue weighted by molar-refractivity contribution is 6.30. The second-order valence-corrected chi connectivity index (χ2v) is 6.33. The topological polar surface area (TPSA) is 81.4 Å². The van der Waals surface area contributed by atoms with Crippen LogP contribution >= 0.6 is 24.0 Å². The van der Waals surface area contributed by atoms with Crippen molar-refractivity contribution in [3.05, 3.63) is 51.2 Å². The maximum absolute atomic E-state index is 11.9. The standard InChI is InChI=1S/C17H21ClN4O3.ClH/c1-2-25-16(23)15-14(19-17(24)20-15)11-21-7-9-22(10-8-21)13-5-3-12(18)4-6-13;/h3-6H,2,7-11H2,1H3,(H2,19,20,24);1H. The van der Waals surface area contributed by atoms with Crippen molar-refractivity contribution in [3.8, 4) is 0 Å². The van der Waals surface area contributed by atoms with Crippen molar-refractivity contribution in [1.82, 2.24) is 14.9 Å². The van der Waals surface area contributed by atoms with Crippen molar-refractivity contribution in [3.63, 3.8) is 0 Å². The highest BCUT2D eigenvalue weighted by Crippen LogP contribution is 2.20. The quantitative estimate of drug-likeness (QED) is 0.752. The zero-order chi connectivity index (χ0) is 17.8. The molecule has 1 aromatic heterocycles. The molecule has 0 aliphatic carbocycles. The van der Waals surface area contributed by atoms with E-state index >= 15 is 0 Å². The minimum absolute atomic E-state index is 0. The van der Waals surface area contributed by atoms with Gasteiger partial charge in [-0.3, -0.25) is 9.88 Å². The summed E-state index contributed by atoms with van der Waals surface area (Å²) in [5.41, 5.74) is 1.54. The first-order valence-electron chi connectivity index (χ1n) is 8.28. The number of aromatic nitrogens is 2. The molecule has 7 nitrogen and oxygen atoms in total. The first-order chi connectivity index (χ1) is 12.1. The number of nitrogens with one attached hydrogen (secondary N) is 2. The third kappa shape index (κ3) is 4.81. The highest BCUT2D eigenvalue weighted by Gasteiger charge is 2.22. The van der Waals surface area contributed by atoms with Gasteiger partial charge < -0.3 is 14.6 Å². The fraction of sp³-hybridized carbons (Fsp3) is 0.412. The number of piperazine rings is 1. The summed E-state index contributed by atoms with van der Waals surface area (Å²) in [6.07, 6.45) is 0. The molecule has 0 spiro atoms. The molecule has 1 fully saturated rings. The summed E-state index contributed by atoms with van der Waals surface area (Å²) in [4.78, 5) is 33.2. The van der Waals surface area contributed by atoms with Gasteiger partial charge in [-0.2, -0.15) is 0 Å². The molecule has 1 aromatic carbocycles. The summed E-state index contributed by atoms with van der Waals surface area (Å²) in [7, 11) is 0. The van der Waals surface area contributed by atoms with Gasteiger partial charge in [0.15, 0.2) is 0 Å². The smallest absolute Gasteiger partial charge is 0.356 e. The number of rotatable bonds is 5. The van der Waals surface area contributed by atoms with Crippen LogP contribution in [0.4, 0.5) is 5.69 Å². The van der Waals surface area contributed by atoms with Crippen LogP contribution in [0.1, 0.15) is 23.1 Å². The van der Waals surface area contributed by atoms with Crippen LogP contribution < -0.4 is 10.6 Å². The molecule has 0 amide bonds. The summed E-state index contributed by atoms with van der Waals surface area (Å²) in [5.74, 6) is -0.504. The van der Waals surface area contributed by atoms with Gasteiger partial charge in [-0.1, -0.05) is 11.6 Å². The molecule has 1 aliphatic rings. The number of carbonyl (C=O) groups excluding carboxylic acids is 1. The number of benzene rings is 1. The van der Waals surface area contributed by atoms with Crippen molar-refractivity contribution < 1.29 is 9.53 Å². The molecule has 2 aromatic rings. The molecule has 0 unspecified atom stereocenters. The zero-order valence-corrected chi connectivity index (χ0v) is 16.0. The number of hydrogen-bond donors (Lipinski definition) is 2. The first kappa shape index (κ1) is 20.4. The molecule has 2 heterocycles. The lowest BCUT2D eigenvalue weighted by atomic mass is 10.2. The summed E-state index contributed by atoms with van der Waals surface area (Å²) < 4.78 is 4.99. The number of esters is 1. The average molecular weight is 401 g/mol. The monoisotopic (exact) mass is 400 g/mol. The second kappa shape index (κ2) is 9.12. The minimum atomic E-state index is -0.504. The van der Waals surface area contributed by atoms with E-state index in [4.69, 9.17) is 16.3 Å². The molecule has 9 heteroatoms. The van der Waals surface area contributed by atoms with E-state index in [2.05, 4.69) is 19.8 Å². The van der Waals surface area contributed by atoms with Gasteiger partial charge in [0.1, 0.15) is 5.69 Å². The number of carbonyl (C=O) groups is 1. The van der Waals surface area contributed by atoms with Gasteiger partial charge in [0.25, 0.3) is 0 Å². The molecule has 26 heavy (non-hydrogen) atoms. The molecular formula is C17H22Cl2N4O3. The van der Waals surface area contributed by atoms with Crippen molar-refractivity contribution in [1.29, 1.82) is 0 Å². The molecule has 0 saturated carbocycles. The molecular weight excluding hydrogens is 379 g/mol. The largest absolute Gasteiger partial charge is 0.461 e. The lowest BCUT2D eigenvalue weighted by molar-refractivity contribution is 0.0517. The van der Waals surface area contributed by atoms with Crippen LogP contribution in [0, 0.1) is 0 Å². The number of ether oxygens (including phenoxy) is 1. The van der Waals surface area contributed by atoms with E-state index in [1.54, 1.807) is 6.92 Å².